The van der Waals surface area contributed by atoms with E-state index in [0.717, 1.165) is 38.5 Å². The Morgan fingerprint density at radius 3 is 2.83 bits per heavy atom. The fourth-order valence-corrected chi connectivity index (χ4v) is 2.60. The van der Waals surface area contributed by atoms with Crippen LogP contribution >= 0.6 is 0 Å². The molecule has 1 fully saturated rings. The molecule has 0 amide bonds. The van der Waals surface area contributed by atoms with E-state index in [1.807, 2.05) is 31.1 Å². The molecule has 1 aromatic carbocycles. The quantitative estimate of drug-likeness (QED) is 0.787. The Morgan fingerprint density at radius 1 is 1.29 bits per heavy atom. The third-order valence-electron chi connectivity index (χ3n) is 3.86. The standard InChI is InChI=1S/C16H23N7O/c1-22(2)16-14(15(17)20-21-16)19-18-13-5-3-4-12(10-13)11-23-6-8-24-9-7-23/h3-5,10,18H,6-9,11H2,1-2H3,(H2,17,19,20). The molecule has 3 rings (SSSR count). The van der Waals surface area contributed by atoms with E-state index in [1.165, 1.54) is 5.56 Å². The van der Waals surface area contributed by atoms with Crippen molar-refractivity contribution in [3.05, 3.63) is 29.8 Å². The first-order valence-corrected chi connectivity index (χ1v) is 7.95. The van der Waals surface area contributed by atoms with Gasteiger partial charge in [0.1, 0.15) is 0 Å². The molecule has 24 heavy (non-hydrogen) atoms. The minimum Gasteiger partial charge on any atom is -0.380 e. The van der Waals surface area contributed by atoms with Gasteiger partial charge < -0.3 is 15.4 Å². The maximum absolute atomic E-state index is 5.84. The molecule has 8 nitrogen and oxygen atoms in total. The maximum Gasteiger partial charge on any atom is 0.182 e. The van der Waals surface area contributed by atoms with Gasteiger partial charge in [0.2, 0.25) is 0 Å². The SMILES string of the molecule is CN(C)C1=NN=C(N)/C1=N\Nc1cccc(CN2CCOCC2)c1. The van der Waals surface area contributed by atoms with Crippen LogP contribution in [0.25, 0.3) is 0 Å². The van der Waals surface area contributed by atoms with Crippen molar-refractivity contribution in [1.29, 1.82) is 0 Å². The second kappa shape index (κ2) is 7.41. The lowest BCUT2D eigenvalue weighted by Gasteiger charge is -2.26. The van der Waals surface area contributed by atoms with E-state index >= 15 is 0 Å². The molecule has 128 valence electrons. The van der Waals surface area contributed by atoms with Crippen LogP contribution in [0.5, 0.6) is 0 Å². The number of rotatable bonds is 4. The van der Waals surface area contributed by atoms with Crippen LogP contribution in [-0.4, -0.2) is 67.6 Å². The summed E-state index contributed by atoms with van der Waals surface area (Å²) in [6.45, 7) is 4.45. The number of anilines is 1. The molecule has 0 spiro atoms. The second-order valence-electron chi connectivity index (χ2n) is 5.96. The molecule has 0 saturated carbocycles. The lowest BCUT2D eigenvalue weighted by Crippen LogP contribution is -2.36. The molecular formula is C16H23N7O. The van der Waals surface area contributed by atoms with Crippen molar-refractivity contribution in [3.8, 4) is 0 Å². The predicted octanol–water partition coefficient (Wildman–Crippen LogP) is 0.533. The summed E-state index contributed by atoms with van der Waals surface area (Å²) in [4.78, 5) is 4.21. The molecular weight excluding hydrogens is 306 g/mol. The maximum atomic E-state index is 5.84. The molecule has 2 aliphatic rings. The fraction of sp³-hybridized carbons (Fsp3) is 0.438. The Bertz CT molecular complexity index is 675. The lowest BCUT2D eigenvalue weighted by molar-refractivity contribution is 0.0342. The molecule has 0 unspecified atom stereocenters. The minimum atomic E-state index is 0.315. The Morgan fingerprint density at radius 2 is 2.08 bits per heavy atom. The molecule has 0 atom stereocenters. The van der Waals surface area contributed by atoms with E-state index in [2.05, 4.69) is 37.8 Å². The van der Waals surface area contributed by atoms with Gasteiger partial charge in [0.15, 0.2) is 17.4 Å². The predicted molar refractivity (Wildman–Crippen MR) is 96.3 cm³/mol. The fourth-order valence-electron chi connectivity index (χ4n) is 2.60. The van der Waals surface area contributed by atoms with Crippen LogP contribution in [0, 0.1) is 0 Å². The van der Waals surface area contributed by atoms with E-state index in [-0.39, 0.29) is 0 Å². The summed E-state index contributed by atoms with van der Waals surface area (Å²) >= 11 is 0. The molecule has 0 aromatic heterocycles. The van der Waals surface area contributed by atoms with Crippen molar-refractivity contribution < 1.29 is 4.74 Å². The van der Waals surface area contributed by atoms with Gasteiger partial charge in [-0.2, -0.15) is 5.10 Å². The zero-order valence-electron chi connectivity index (χ0n) is 14.1. The Balaban J connectivity index is 1.67. The average molecular weight is 329 g/mol. The Hall–Kier alpha value is -2.45. The molecule has 0 aliphatic carbocycles. The van der Waals surface area contributed by atoms with Crippen LogP contribution in [0.1, 0.15) is 5.56 Å². The van der Waals surface area contributed by atoms with Crippen LogP contribution in [-0.2, 0) is 11.3 Å². The number of hydrazone groups is 1. The van der Waals surface area contributed by atoms with Gasteiger partial charge in [-0.25, -0.2) is 0 Å². The van der Waals surface area contributed by atoms with Gasteiger partial charge in [-0.05, 0) is 17.7 Å². The van der Waals surface area contributed by atoms with Crippen LogP contribution in [0.15, 0.2) is 39.6 Å². The van der Waals surface area contributed by atoms with Gasteiger partial charge in [-0.3, -0.25) is 10.3 Å². The minimum absolute atomic E-state index is 0.315. The highest BCUT2D eigenvalue weighted by Crippen LogP contribution is 2.14. The molecule has 1 saturated heterocycles. The zero-order chi connectivity index (χ0) is 16.9. The van der Waals surface area contributed by atoms with Crippen LogP contribution in [0.4, 0.5) is 5.69 Å². The van der Waals surface area contributed by atoms with Gasteiger partial charge in [0.25, 0.3) is 0 Å². The highest BCUT2D eigenvalue weighted by Gasteiger charge is 2.21. The highest BCUT2D eigenvalue weighted by atomic mass is 16.5. The zero-order valence-corrected chi connectivity index (χ0v) is 14.1. The Labute approximate surface area is 141 Å². The summed E-state index contributed by atoms with van der Waals surface area (Å²) in [7, 11) is 3.76. The third-order valence-corrected chi connectivity index (χ3v) is 3.86. The van der Waals surface area contributed by atoms with Crippen molar-refractivity contribution in [3.63, 3.8) is 0 Å². The molecule has 3 N–H and O–H groups in total. The van der Waals surface area contributed by atoms with Gasteiger partial charge in [-0.1, -0.05) is 12.1 Å². The molecule has 1 aromatic rings. The number of benzene rings is 1. The number of nitrogens with one attached hydrogen (secondary N) is 1. The average Bonchev–Trinajstić information content (AvgIpc) is 2.95. The normalized spacial score (nSPS) is 20.0. The van der Waals surface area contributed by atoms with Crippen molar-refractivity contribution in [2.24, 2.45) is 21.0 Å². The first kappa shape index (κ1) is 16.4. The van der Waals surface area contributed by atoms with Crippen molar-refractivity contribution >= 4 is 23.1 Å². The summed E-state index contributed by atoms with van der Waals surface area (Å²) in [6, 6.07) is 8.20. The number of hydrogen-bond donors (Lipinski definition) is 2. The highest BCUT2D eigenvalue weighted by molar-refractivity contribution is 6.68. The first-order chi connectivity index (χ1) is 11.6. The van der Waals surface area contributed by atoms with E-state index in [4.69, 9.17) is 10.5 Å². The number of ether oxygens (including phenoxy) is 1. The summed E-state index contributed by atoms with van der Waals surface area (Å²) in [5.41, 5.74) is 11.6. The van der Waals surface area contributed by atoms with E-state index in [0.29, 0.717) is 17.4 Å². The molecule has 0 radical (unpaired) electrons. The van der Waals surface area contributed by atoms with Crippen molar-refractivity contribution in [2.75, 3.05) is 45.8 Å². The second-order valence-corrected chi connectivity index (χ2v) is 5.96. The number of amidine groups is 2. The third kappa shape index (κ3) is 3.90. The summed E-state index contributed by atoms with van der Waals surface area (Å²) in [5, 5.41) is 12.3. The number of nitrogens with two attached hydrogens (primary N) is 1. The number of hydrogen-bond acceptors (Lipinski definition) is 8. The van der Waals surface area contributed by atoms with Gasteiger partial charge >= 0.3 is 0 Å². The first-order valence-electron chi connectivity index (χ1n) is 7.95. The summed E-state index contributed by atoms with van der Waals surface area (Å²) in [5.74, 6) is 0.958. The topological polar surface area (TPSA) is 90.8 Å². The summed E-state index contributed by atoms with van der Waals surface area (Å²) < 4.78 is 5.39. The largest absolute Gasteiger partial charge is 0.380 e. The van der Waals surface area contributed by atoms with Crippen molar-refractivity contribution in [1.82, 2.24) is 9.80 Å². The monoisotopic (exact) mass is 329 g/mol. The molecule has 2 aliphatic heterocycles. The van der Waals surface area contributed by atoms with E-state index in [1.54, 1.807) is 0 Å². The van der Waals surface area contributed by atoms with Crippen molar-refractivity contribution in [2.45, 2.75) is 6.54 Å². The van der Waals surface area contributed by atoms with Gasteiger partial charge in [-0.15, -0.1) is 10.2 Å². The smallest absolute Gasteiger partial charge is 0.182 e. The lowest BCUT2D eigenvalue weighted by atomic mass is 10.2. The van der Waals surface area contributed by atoms with Crippen LogP contribution < -0.4 is 11.2 Å². The number of morpholine rings is 1. The van der Waals surface area contributed by atoms with E-state index in [9.17, 15) is 0 Å². The van der Waals surface area contributed by atoms with Gasteiger partial charge in [0.05, 0.1) is 18.9 Å². The Kier molecular flexibility index (Phi) is 5.07. The van der Waals surface area contributed by atoms with Gasteiger partial charge in [0, 0.05) is 33.7 Å². The van der Waals surface area contributed by atoms with Crippen LogP contribution in [0.2, 0.25) is 0 Å². The van der Waals surface area contributed by atoms with Crippen LogP contribution in [0.3, 0.4) is 0 Å². The van der Waals surface area contributed by atoms with E-state index < -0.39 is 0 Å². The summed E-state index contributed by atoms with van der Waals surface area (Å²) in [6.07, 6.45) is 0. The number of nitrogens with zero attached hydrogens (tertiary/aromatic N) is 5. The molecule has 8 heteroatoms. The molecule has 2 heterocycles. The molecule has 0 bridgehead atoms.